The SMILES string of the molecule is CC(C)(C)c1ccnc(-c2cnc(C(C)(C)C)nc2)c1. The Kier molecular flexibility index (Phi) is 3.63. The van der Waals surface area contributed by atoms with E-state index in [4.69, 9.17) is 0 Å². The van der Waals surface area contributed by atoms with Gasteiger partial charge in [0.2, 0.25) is 0 Å². The summed E-state index contributed by atoms with van der Waals surface area (Å²) in [6, 6.07) is 4.18. The molecule has 0 saturated carbocycles. The maximum Gasteiger partial charge on any atom is 0.133 e. The number of aromatic nitrogens is 3. The molecule has 2 rings (SSSR count). The van der Waals surface area contributed by atoms with E-state index >= 15 is 0 Å². The Hall–Kier alpha value is -1.77. The molecular formula is C17H23N3. The summed E-state index contributed by atoms with van der Waals surface area (Å²) in [5.41, 5.74) is 3.24. The van der Waals surface area contributed by atoms with Gasteiger partial charge in [-0.25, -0.2) is 9.97 Å². The largest absolute Gasteiger partial charge is 0.256 e. The third kappa shape index (κ3) is 3.21. The van der Waals surface area contributed by atoms with Crippen LogP contribution in [0.15, 0.2) is 30.7 Å². The summed E-state index contributed by atoms with van der Waals surface area (Å²) in [4.78, 5) is 13.4. The van der Waals surface area contributed by atoms with Crippen molar-refractivity contribution < 1.29 is 0 Å². The first-order valence-electron chi connectivity index (χ1n) is 6.97. The van der Waals surface area contributed by atoms with E-state index in [1.54, 1.807) is 0 Å². The average Bonchev–Trinajstić information content (AvgIpc) is 2.37. The highest BCUT2D eigenvalue weighted by Gasteiger charge is 2.18. The van der Waals surface area contributed by atoms with Crippen molar-refractivity contribution in [2.75, 3.05) is 0 Å². The molecule has 20 heavy (non-hydrogen) atoms. The second-order valence-electron chi connectivity index (χ2n) is 7.23. The van der Waals surface area contributed by atoms with E-state index in [-0.39, 0.29) is 10.8 Å². The molecule has 0 spiro atoms. The van der Waals surface area contributed by atoms with Gasteiger partial charge < -0.3 is 0 Å². The lowest BCUT2D eigenvalue weighted by atomic mass is 9.87. The van der Waals surface area contributed by atoms with Gasteiger partial charge in [0.05, 0.1) is 5.69 Å². The lowest BCUT2D eigenvalue weighted by molar-refractivity contribution is 0.545. The molecule has 0 atom stereocenters. The van der Waals surface area contributed by atoms with Crippen molar-refractivity contribution >= 4 is 0 Å². The van der Waals surface area contributed by atoms with Crippen molar-refractivity contribution in [1.82, 2.24) is 15.0 Å². The molecule has 0 N–H and O–H groups in total. The van der Waals surface area contributed by atoms with Crippen LogP contribution in [0, 0.1) is 0 Å². The van der Waals surface area contributed by atoms with Crippen LogP contribution >= 0.6 is 0 Å². The van der Waals surface area contributed by atoms with Crippen molar-refractivity contribution in [2.45, 2.75) is 52.4 Å². The van der Waals surface area contributed by atoms with Gasteiger partial charge in [-0.2, -0.15) is 0 Å². The lowest BCUT2D eigenvalue weighted by Gasteiger charge is -2.19. The minimum absolute atomic E-state index is 0.0286. The van der Waals surface area contributed by atoms with Crippen molar-refractivity contribution in [2.24, 2.45) is 0 Å². The molecule has 2 aromatic rings. The van der Waals surface area contributed by atoms with E-state index in [9.17, 15) is 0 Å². The first-order chi connectivity index (χ1) is 9.18. The van der Waals surface area contributed by atoms with Crippen LogP contribution in [-0.4, -0.2) is 15.0 Å². The number of nitrogens with zero attached hydrogens (tertiary/aromatic N) is 3. The van der Waals surface area contributed by atoms with Crippen LogP contribution in [0.3, 0.4) is 0 Å². The molecule has 0 saturated heterocycles. The van der Waals surface area contributed by atoms with Crippen molar-refractivity contribution in [3.05, 3.63) is 42.1 Å². The third-order valence-electron chi connectivity index (χ3n) is 3.24. The van der Waals surface area contributed by atoms with Gasteiger partial charge in [0.15, 0.2) is 0 Å². The zero-order valence-electron chi connectivity index (χ0n) is 13.2. The molecule has 3 heteroatoms. The fourth-order valence-electron chi connectivity index (χ4n) is 1.90. The molecule has 0 bridgehead atoms. The second-order valence-corrected chi connectivity index (χ2v) is 7.23. The van der Waals surface area contributed by atoms with Crippen LogP contribution in [0.1, 0.15) is 52.9 Å². The number of rotatable bonds is 1. The second kappa shape index (κ2) is 4.97. The zero-order chi connectivity index (χ0) is 15.0. The van der Waals surface area contributed by atoms with Gasteiger partial charge in [0, 0.05) is 29.6 Å². The van der Waals surface area contributed by atoms with Gasteiger partial charge in [-0.05, 0) is 23.1 Å². The highest BCUT2D eigenvalue weighted by molar-refractivity contribution is 5.57. The van der Waals surface area contributed by atoms with Gasteiger partial charge in [0.25, 0.3) is 0 Å². The smallest absolute Gasteiger partial charge is 0.133 e. The summed E-state index contributed by atoms with van der Waals surface area (Å²) in [6.07, 6.45) is 5.58. The Morgan fingerprint density at radius 2 is 1.40 bits per heavy atom. The van der Waals surface area contributed by atoms with E-state index in [0.717, 1.165) is 17.1 Å². The lowest BCUT2D eigenvalue weighted by Crippen LogP contribution is -2.15. The maximum absolute atomic E-state index is 4.47. The van der Waals surface area contributed by atoms with Gasteiger partial charge in [0.1, 0.15) is 5.82 Å². The molecule has 106 valence electrons. The molecule has 3 nitrogen and oxygen atoms in total. The Bertz CT molecular complexity index is 587. The third-order valence-corrected chi connectivity index (χ3v) is 3.24. The molecule has 0 aliphatic heterocycles. The standard InChI is InChI=1S/C17H23N3/c1-16(2,3)13-7-8-18-14(9-13)12-10-19-15(20-11-12)17(4,5)6/h7-11H,1-6H3. The van der Waals surface area contributed by atoms with Crippen molar-refractivity contribution in [1.29, 1.82) is 0 Å². The average molecular weight is 269 g/mol. The monoisotopic (exact) mass is 269 g/mol. The first-order valence-corrected chi connectivity index (χ1v) is 6.97. The van der Waals surface area contributed by atoms with Crippen LogP contribution in [0.4, 0.5) is 0 Å². The Labute approximate surface area is 121 Å². The summed E-state index contributed by atoms with van der Waals surface area (Å²) in [5.74, 6) is 0.855. The van der Waals surface area contributed by atoms with E-state index in [1.807, 2.05) is 18.6 Å². The van der Waals surface area contributed by atoms with E-state index in [2.05, 4.69) is 68.6 Å². The molecule has 0 fully saturated rings. The fraction of sp³-hybridized carbons (Fsp3) is 0.471. The quantitative estimate of drug-likeness (QED) is 0.781. The molecule has 0 aliphatic carbocycles. The predicted octanol–water partition coefficient (Wildman–Crippen LogP) is 4.13. The zero-order valence-corrected chi connectivity index (χ0v) is 13.2. The number of hydrogen-bond donors (Lipinski definition) is 0. The Morgan fingerprint density at radius 3 is 1.90 bits per heavy atom. The van der Waals surface area contributed by atoms with Gasteiger partial charge in [-0.15, -0.1) is 0 Å². The molecule has 2 heterocycles. The highest BCUT2D eigenvalue weighted by atomic mass is 14.9. The molecular weight excluding hydrogens is 246 g/mol. The first kappa shape index (κ1) is 14.6. The van der Waals surface area contributed by atoms with Crippen LogP contribution in [0.5, 0.6) is 0 Å². The highest BCUT2D eigenvalue weighted by Crippen LogP contribution is 2.26. The molecule has 0 radical (unpaired) electrons. The Balaban J connectivity index is 2.38. The van der Waals surface area contributed by atoms with Crippen molar-refractivity contribution in [3.63, 3.8) is 0 Å². The summed E-state index contributed by atoms with van der Waals surface area (Å²) in [6.45, 7) is 12.9. The number of hydrogen-bond acceptors (Lipinski definition) is 3. The van der Waals surface area contributed by atoms with Gasteiger partial charge >= 0.3 is 0 Å². The van der Waals surface area contributed by atoms with Gasteiger partial charge in [-0.1, -0.05) is 41.5 Å². The molecule has 0 aliphatic rings. The molecule has 0 unspecified atom stereocenters. The molecule has 0 aromatic carbocycles. The molecule has 2 aromatic heterocycles. The van der Waals surface area contributed by atoms with E-state index < -0.39 is 0 Å². The summed E-state index contributed by atoms with van der Waals surface area (Å²) < 4.78 is 0. The van der Waals surface area contributed by atoms with Gasteiger partial charge in [-0.3, -0.25) is 4.98 Å². The number of pyridine rings is 1. The summed E-state index contributed by atoms with van der Waals surface area (Å²) in [7, 11) is 0. The Morgan fingerprint density at radius 1 is 0.800 bits per heavy atom. The van der Waals surface area contributed by atoms with Crippen LogP contribution in [-0.2, 0) is 10.8 Å². The van der Waals surface area contributed by atoms with E-state index in [0.29, 0.717) is 0 Å². The van der Waals surface area contributed by atoms with Crippen LogP contribution < -0.4 is 0 Å². The minimum atomic E-state index is -0.0286. The van der Waals surface area contributed by atoms with Crippen LogP contribution in [0.25, 0.3) is 11.3 Å². The summed E-state index contributed by atoms with van der Waals surface area (Å²) in [5, 5.41) is 0. The minimum Gasteiger partial charge on any atom is -0.256 e. The van der Waals surface area contributed by atoms with Crippen LogP contribution in [0.2, 0.25) is 0 Å². The normalized spacial score (nSPS) is 12.5. The molecule has 0 amide bonds. The van der Waals surface area contributed by atoms with E-state index in [1.165, 1.54) is 5.56 Å². The van der Waals surface area contributed by atoms with Crippen molar-refractivity contribution in [3.8, 4) is 11.3 Å². The fourth-order valence-corrected chi connectivity index (χ4v) is 1.90. The summed E-state index contributed by atoms with van der Waals surface area (Å²) >= 11 is 0. The topological polar surface area (TPSA) is 38.7 Å². The maximum atomic E-state index is 4.47. The predicted molar refractivity (Wildman–Crippen MR) is 82.7 cm³/mol.